The number of pyridine rings is 2. The van der Waals surface area contributed by atoms with Crippen LogP contribution < -0.4 is 35.2 Å². The van der Waals surface area contributed by atoms with Crippen LogP contribution >= 0.6 is 0 Å². The van der Waals surface area contributed by atoms with E-state index in [0.717, 1.165) is 0 Å². The van der Waals surface area contributed by atoms with E-state index < -0.39 is 5.43 Å². The molecule has 0 aliphatic heterocycles. The molecule has 0 N–H and O–H groups in total. The van der Waals surface area contributed by atoms with Crippen molar-refractivity contribution >= 4 is 15.8 Å². The van der Waals surface area contributed by atoms with Crippen molar-refractivity contribution in [2.45, 2.75) is 0 Å². The van der Waals surface area contributed by atoms with Crippen LogP contribution in [0.15, 0.2) is 158 Å². The molecule has 2 nitrogen and oxygen atoms in total. The van der Waals surface area contributed by atoms with Crippen LogP contribution in [0.3, 0.4) is 0 Å². The first-order chi connectivity index (χ1) is 17.8. The molecule has 0 aliphatic carbocycles. The summed E-state index contributed by atoms with van der Waals surface area (Å²) in [5, 5.41) is 3.03. The average molecular weight is 629 g/mol. The fourth-order valence-corrected chi connectivity index (χ4v) is 7.44. The number of rotatable bonds is 4. The van der Waals surface area contributed by atoms with E-state index in [1.807, 2.05) is 73.3 Å². The second-order valence-electron chi connectivity index (χ2n) is 7.93. The van der Waals surface area contributed by atoms with Crippen LogP contribution in [-0.4, -0.2) is 15.4 Å². The maximum atomic E-state index is 3.96. The van der Waals surface area contributed by atoms with Crippen LogP contribution in [0.4, 0.5) is 0 Å². The van der Waals surface area contributed by atoms with Gasteiger partial charge in [-0.15, -0.1) is 59.7 Å². The Morgan fingerprint density at radius 1 is 0.447 bits per heavy atom. The van der Waals surface area contributed by atoms with Gasteiger partial charge in [0.05, 0.1) is 0 Å². The van der Waals surface area contributed by atoms with E-state index >= 15 is 0 Å². The molecule has 0 aliphatic rings. The first kappa shape index (κ1) is 31.3. The zero-order valence-electron chi connectivity index (χ0n) is 20.7. The molecule has 2 heterocycles. The minimum absolute atomic E-state index is 0. The molecule has 0 radical (unpaired) electrons. The van der Waals surface area contributed by atoms with Crippen molar-refractivity contribution in [1.82, 2.24) is 9.97 Å². The van der Waals surface area contributed by atoms with Crippen molar-refractivity contribution < 1.29 is 48.1 Å². The molecular formula is C32H26Cl2N2SiZr-2. The molecule has 0 bridgehead atoms. The van der Waals surface area contributed by atoms with Gasteiger partial charge in [0, 0.05) is 0 Å². The Hall–Kier alpha value is -2.88. The minimum Gasteiger partial charge on any atom is -0.281 e. The van der Waals surface area contributed by atoms with Crippen molar-refractivity contribution in [3.63, 3.8) is 0 Å². The van der Waals surface area contributed by atoms with Crippen molar-refractivity contribution in [2.75, 3.05) is 0 Å². The molecular weight excluding hydrogens is 603 g/mol. The Kier molecular flexibility index (Phi) is 14.5. The van der Waals surface area contributed by atoms with Gasteiger partial charge in [0.1, 0.15) is 0 Å². The molecule has 6 rings (SSSR count). The minimum atomic E-state index is -0.455. The van der Waals surface area contributed by atoms with Crippen LogP contribution in [0, 0.1) is 0 Å². The van der Waals surface area contributed by atoms with Crippen molar-refractivity contribution in [3.8, 4) is 22.3 Å². The van der Waals surface area contributed by atoms with Crippen LogP contribution in [0.2, 0.25) is 0 Å². The van der Waals surface area contributed by atoms with Gasteiger partial charge in [-0.3, -0.25) is 9.97 Å². The van der Waals surface area contributed by atoms with Crippen LogP contribution in [0.1, 0.15) is 0 Å². The van der Waals surface area contributed by atoms with Crippen LogP contribution in [-0.2, 0) is 23.3 Å². The first-order valence-electron chi connectivity index (χ1n) is 11.7. The summed E-state index contributed by atoms with van der Waals surface area (Å²) in [7, 11) is 0. The Balaban J connectivity index is 0.000000197. The largest absolute Gasteiger partial charge is 0.281 e. The van der Waals surface area contributed by atoms with Crippen molar-refractivity contribution in [1.29, 1.82) is 0 Å². The summed E-state index contributed by atoms with van der Waals surface area (Å²) in [6, 6.07) is 46.2. The normalized spacial score (nSPS) is 9.32. The van der Waals surface area contributed by atoms with E-state index in [0.29, 0.717) is 0 Å². The van der Waals surface area contributed by atoms with Gasteiger partial charge in [0.2, 0.25) is 0 Å². The first-order valence-corrected chi connectivity index (χ1v) is 16.9. The zero-order valence-corrected chi connectivity index (χ0v) is 25.6. The van der Waals surface area contributed by atoms with Crippen molar-refractivity contribution in [2.24, 2.45) is 0 Å². The quantitative estimate of drug-likeness (QED) is 0.207. The van der Waals surface area contributed by atoms with E-state index in [4.69, 9.17) is 0 Å². The Bertz CT molecular complexity index is 1300. The molecule has 0 spiro atoms. The summed E-state index contributed by atoms with van der Waals surface area (Å²) in [6.45, 7) is 0. The monoisotopic (exact) mass is 626 g/mol. The maximum Gasteiger partial charge on any atom is -0.00661 e. The number of aromatic nitrogens is 2. The van der Waals surface area contributed by atoms with E-state index in [-0.39, 0.29) is 24.8 Å². The van der Waals surface area contributed by atoms with Gasteiger partial charge in [0.15, 0.2) is 0 Å². The summed E-state index contributed by atoms with van der Waals surface area (Å²) in [5.41, 5.74) is 4.51. The molecule has 38 heavy (non-hydrogen) atoms. The van der Waals surface area contributed by atoms with E-state index in [1.54, 1.807) is 23.3 Å². The molecule has 6 heteroatoms. The van der Waals surface area contributed by atoms with Crippen molar-refractivity contribution in [3.05, 3.63) is 158 Å². The third kappa shape index (κ3) is 9.78. The molecule has 0 atom stereocenters. The summed E-state index contributed by atoms with van der Waals surface area (Å²) in [6.07, 6.45) is 7.23. The van der Waals surface area contributed by atoms with Gasteiger partial charge in [-0.25, -0.2) is 0 Å². The van der Waals surface area contributed by atoms with E-state index in [9.17, 15) is 0 Å². The van der Waals surface area contributed by atoms with Gasteiger partial charge in [-0.05, 0) is 24.8 Å². The molecule has 0 amide bonds. The number of nitrogens with zero attached hydrogens (tertiary/aromatic N) is 2. The SMILES string of the molecule is [Cl-].[Cl-].[Zr+2]=[Si](c1ccccc1)c1ccccc1.c1cc[c-](-c2ccncc2)c1.c1cc[c-](-c2ccncc2)c1. The van der Waals surface area contributed by atoms with Gasteiger partial charge >= 0.3 is 99.8 Å². The fraction of sp³-hybridized carbons (Fsp3) is 0. The predicted molar refractivity (Wildman–Crippen MR) is 148 cm³/mol. The molecule has 4 aromatic carbocycles. The van der Waals surface area contributed by atoms with Gasteiger partial charge in [-0.1, -0.05) is 11.1 Å². The predicted octanol–water partition coefficient (Wildman–Crippen LogP) is 0.282. The van der Waals surface area contributed by atoms with Gasteiger partial charge in [0.25, 0.3) is 0 Å². The average Bonchev–Trinajstić information content (AvgIpc) is 3.71. The van der Waals surface area contributed by atoms with Crippen LogP contribution in [0.25, 0.3) is 22.3 Å². The molecule has 0 unspecified atom stereocenters. The van der Waals surface area contributed by atoms with Crippen LogP contribution in [0.5, 0.6) is 0 Å². The smallest absolute Gasteiger partial charge is 0.00661 e. The molecule has 0 saturated heterocycles. The summed E-state index contributed by atoms with van der Waals surface area (Å²) in [4.78, 5) is 7.91. The maximum absolute atomic E-state index is 3.96. The summed E-state index contributed by atoms with van der Waals surface area (Å²) < 4.78 is 0. The molecule has 0 saturated carbocycles. The Morgan fingerprint density at radius 3 is 1.08 bits per heavy atom. The number of hydrogen-bond donors (Lipinski definition) is 0. The fourth-order valence-electron chi connectivity index (χ4n) is 3.60. The van der Waals surface area contributed by atoms with Gasteiger partial charge in [-0.2, -0.15) is 24.3 Å². The number of hydrogen-bond acceptors (Lipinski definition) is 2. The number of benzene rings is 2. The second kappa shape index (κ2) is 17.6. The third-order valence-corrected chi connectivity index (χ3v) is 11.6. The standard InChI is InChI=1S/C12H10Si.2C10H8N.2ClH.Zr/c1-3-7-11(8-4-1)13-12-9-5-2-6-10-12;2*1-2-4-9(3-1)10-5-7-11-8-6-10;;;/h1-10H;2*1-8H;2*1H;/q;2*-1;;;+2/p-2. The molecule has 188 valence electrons. The summed E-state index contributed by atoms with van der Waals surface area (Å²) >= 11 is 1.64. The molecule has 6 aromatic rings. The third-order valence-electron chi connectivity index (χ3n) is 5.48. The number of halogens is 2. The second-order valence-corrected chi connectivity index (χ2v) is 13.5. The summed E-state index contributed by atoms with van der Waals surface area (Å²) in [5.74, 6) is 0. The zero-order chi connectivity index (χ0) is 24.8. The van der Waals surface area contributed by atoms with E-state index in [1.165, 1.54) is 32.6 Å². The molecule has 0 fully saturated rings. The Morgan fingerprint density at radius 2 is 0.763 bits per heavy atom. The van der Waals surface area contributed by atoms with E-state index in [2.05, 4.69) is 94.9 Å². The topological polar surface area (TPSA) is 25.8 Å². The molecule has 2 aromatic heterocycles. The Labute approximate surface area is 252 Å². The van der Waals surface area contributed by atoms with Gasteiger partial charge < -0.3 is 24.8 Å².